The summed E-state index contributed by atoms with van der Waals surface area (Å²) >= 11 is 0. The second kappa shape index (κ2) is 5.52. The zero-order chi connectivity index (χ0) is 13.9. The quantitative estimate of drug-likeness (QED) is 0.305. The largest absolute Gasteiger partial charge is 0.409 e. The summed E-state index contributed by atoms with van der Waals surface area (Å²) in [7, 11) is 1.85. The second-order valence-corrected chi connectivity index (χ2v) is 4.24. The van der Waals surface area contributed by atoms with Crippen molar-refractivity contribution < 1.29 is 10.0 Å². The summed E-state index contributed by atoms with van der Waals surface area (Å²) in [5, 5.41) is 18.3. The highest BCUT2D eigenvalue weighted by molar-refractivity contribution is 6.01. The van der Waals surface area contributed by atoms with Crippen LogP contribution in [-0.4, -0.2) is 26.7 Å². The first-order valence-corrected chi connectivity index (χ1v) is 5.62. The van der Waals surface area contributed by atoms with Crippen LogP contribution in [0, 0.1) is 19.8 Å². The van der Waals surface area contributed by atoms with Gasteiger partial charge in [0, 0.05) is 24.8 Å². The Labute approximate surface area is 106 Å². The van der Waals surface area contributed by atoms with E-state index in [2.05, 4.69) is 15.6 Å². The average Bonchev–Trinajstić information content (AvgIpc) is 2.59. The van der Waals surface area contributed by atoms with Crippen molar-refractivity contribution in [1.82, 2.24) is 15.1 Å². The van der Waals surface area contributed by atoms with Gasteiger partial charge in [-0.05, 0) is 20.8 Å². The van der Waals surface area contributed by atoms with E-state index in [1.54, 1.807) is 11.6 Å². The van der Waals surface area contributed by atoms with Gasteiger partial charge in [-0.3, -0.25) is 9.48 Å². The van der Waals surface area contributed by atoms with Gasteiger partial charge in [-0.1, -0.05) is 5.16 Å². The molecular weight excluding hydrogens is 234 g/mol. The van der Waals surface area contributed by atoms with Crippen molar-refractivity contribution in [2.75, 3.05) is 0 Å². The van der Waals surface area contributed by atoms with Gasteiger partial charge in [0.25, 0.3) is 0 Å². The van der Waals surface area contributed by atoms with Crippen LogP contribution in [0.4, 0.5) is 0 Å². The Morgan fingerprint density at radius 2 is 2.22 bits per heavy atom. The molecule has 1 atom stereocenters. The maximum Gasteiger partial charge on any atom is 0.230 e. The summed E-state index contributed by atoms with van der Waals surface area (Å²) in [6.07, 6.45) is 0. The number of rotatable bonds is 4. The van der Waals surface area contributed by atoms with Crippen LogP contribution >= 0.6 is 0 Å². The van der Waals surface area contributed by atoms with E-state index in [-0.39, 0.29) is 11.7 Å². The number of oxime groups is 1. The van der Waals surface area contributed by atoms with E-state index in [0.29, 0.717) is 6.54 Å². The minimum absolute atomic E-state index is 0.105. The molecule has 0 fully saturated rings. The van der Waals surface area contributed by atoms with Crippen molar-refractivity contribution >= 4 is 11.7 Å². The first kappa shape index (κ1) is 14.0. The second-order valence-electron chi connectivity index (χ2n) is 4.24. The Morgan fingerprint density at radius 1 is 1.61 bits per heavy atom. The molecule has 1 amide bonds. The molecule has 0 aliphatic rings. The third-order valence-electron chi connectivity index (χ3n) is 3.05. The molecule has 18 heavy (non-hydrogen) atoms. The Morgan fingerprint density at radius 3 is 2.67 bits per heavy atom. The van der Waals surface area contributed by atoms with Crippen LogP contribution in [0.3, 0.4) is 0 Å². The van der Waals surface area contributed by atoms with Crippen LogP contribution in [-0.2, 0) is 18.4 Å². The predicted molar refractivity (Wildman–Crippen MR) is 67.1 cm³/mol. The van der Waals surface area contributed by atoms with E-state index in [4.69, 9.17) is 10.9 Å². The third-order valence-corrected chi connectivity index (χ3v) is 3.05. The van der Waals surface area contributed by atoms with Crippen LogP contribution in [0.2, 0.25) is 0 Å². The van der Waals surface area contributed by atoms with Gasteiger partial charge in [0.1, 0.15) is 0 Å². The van der Waals surface area contributed by atoms with Crippen LogP contribution in [0.25, 0.3) is 0 Å². The highest BCUT2D eigenvalue weighted by atomic mass is 16.4. The predicted octanol–water partition coefficient (Wildman–Crippen LogP) is 0.0356. The van der Waals surface area contributed by atoms with Gasteiger partial charge >= 0.3 is 0 Å². The normalized spacial score (nSPS) is 13.4. The van der Waals surface area contributed by atoms with Crippen molar-refractivity contribution in [2.24, 2.45) is 23.9 Å². The molecular formula is C11H19N5O2. The number of amides is 1. The average molecular weight is 253 g/mol. The summed E-state index contributed by atoms with van der Waals surface area (Å²) in [6, 6.07) is 0. The molecule has 1 unspecified atom stereocenters. The number of carbonyl (C=O) groups is 1. The Balaban J connectivity index is 2.69. The molecule has 7 heteroatoms. The first-order valence-electron chi connectivity index (χ1n) is 5.62. The van der Waals surface area contributed by atoms with Gasteiger partial charge in [-0.25, -0.2) is 0 Å². The monoisotopic (exact) mass is 253 g/mol. The molecule has 4 N–H and O–H groups in total. The third kappa shape index (κ3) is 2.79. The lowest BCUT2D eigenvalue weighted by Gasteiger charge is -2.10. The number of nitrogens with one attached hydrogen (secondary N) is 1. The first-order chi connectivity index (χ1) is 8.38. The minimum Gasteiger partial charge on any atom is -0.409 e. The summed E-state index contributed by atoms with van der Waals surface area (Å²) in [4.78, 5) is 11.7. The number of aryl methyl sites for hydroxylation is 2. The molecule has 0 bridgehead atoms. The van der Waals surface area contributed by atoms with Gasteiger partial charge in [0.05, 0.1) is 11.6 Å². The van der Waals surface area contributed by atoms with E-state index >= 15 is 0 Å². The number of amidine groups is 1. The lowest BCUT2D eigenvalue weighted by Crippen LogP contribution is -2.37. The van der Waals surface area contributed by atoms with E-state index in [1.807, 2.05) is 20.9 Å². The lowest BCUT2D eigenvalue weighted by atomic mass is 10.1. The van der Waals surface area contributed by atoms with Crippen LogP contribution in [0.15, 0.2) is 5.16 Å². The fourth-order valence-electron chi connectivity index (χ4n) is 1.62. The zero-order valence-corrected chi connectivity index (χ0v) is 11.1. The molecule has 0 aromatic carbocycles. The Kier molecular flexibility index (Phi) is 4.30. The van der Waals surface area contributed by atoms with E-state index in [9.17, 15) is 4.79 Å². The van der Waals surface area contributed by atoms with Crippen LogP contribution in [0.1, 0.15) is 23.9 Å². The van der Waals surface area contributed by atoms with Gasteiger partial charge in [-0.2, -0.15) is 5.10 Å². The molecule has 1 rings (SSSR count). The standard InChI is InChI=1S/C11H19N5O2/c1-6(10(12)15-18)11(17)13-5-9-7(2)14-16(4)8(9)3/h6,18H,5H2,1-4H3,(H2,12,15)(H,13,17). The van der Waals surface area contributed by atoms with Gasteiger partial charge in [0.15, 0.2) is 5.84 Å². The van der Waals surface area contributed by atoms with Crippen LogP contribution in [0.5, 0.6) is 0 Å². The molecule has 100 valence electrons. The molecule has 7 nitrogen and oxygen atoms in total. The van der Waals surface area contributed by atoms with Crippen molar-refractivity contribution in [1.29, 1.82) is 0 Å². The van der Waals surface area contributed by atoms with E-state index in [0.717, 1.165) is 17.0 Å². The number of carbonyl (C=O) groups excluding carboxylic acids is 1. The summed E-state index contributed by atoms with van der Waals surface area (Å²) in [5.41, 5.74) is 8.24. The van der Waals surface area contributed by atoms with E-state index in [1.165, 1.54) is 0 Å². The topological polar surface area (TPSA) is 106 Å². The van der Waals surface area contributed by atoms with Gasteiger partial charge in [0.2, 0.25) is 5.91 Å². The minimum atomic E-state index is -0.660. The van der Waals surface area contributed by atoms with Crippen molar-refractivity contribution in [3.63, 3.8) is 0 Å². The molecule has 0 saturated carbocycles. The van der Waals surface area contributed by atoms with Crippen molar-refractivity contribution in [3.05, 3.63) is 17.0 Å². The van der Waals surface area contributed by atoms with Crippen LogP contribution < -0.4 is 11.1 Å². The molecule has 0 aliphatic heterocycles. The van der Waals surface area contributed by atoms with Crippen molar-refractivity contribution in [2.45, 2.75) is 27.3 Å². The molecule has 0 radical (unpaired) electrons. The fourth-order valence-corrected chi connectivity index (χ4v) is 1.62. The van der Waals surface area contributed by atoms with Gasteiger partial charge in [-0.15, -0.1) is 0 Å². The smallest absolute Gasteiger partial charge is 0.230 e. The Hall–Kier alpha value is -2.05. The fraction of sp³-hybridized carbons (Fsp3) is 0.545. The zero-order valence-electron chi connectivity index (χ0n) is 11.1. The summed E-state index contributed by atoms with van der Waals surface area (Å²) in [6.45, 7) is 5.79. The number of nitrogens with zero attached hydrogens (tertiary/aromatic N) is 3. The maximum absolute atomic E-state index is 11.7. The lowest BCUT2D eigenvalue weighted by molar-refractivity contribution is -0.122. The molecule has 1 aromatic heterocycles. The molecule has 1 aromatic rings. The molecule has 0 saturated heterocycles. The van der Waals surface area contributed by atoms with E-state index < -0.39 is 5.92 Å². The summed E-state index contributed by atoms with van der Waals surface area (Å²) in [5.74, 6) is -1.05. The molecule has 0 spiro atoms. The Bertz CT molecular complexity index is 478. The maximum atomic E-state index is 11.7. The van der Waals surface area contributed by atoms with Crippen molar-refractivity contribution in [3.8, 4) is 0 Å². The molecule has 0 aliphatic carbocycles. The number of aromatic nitrogens is 2. The van der Waals surface area contributed by atoms with Gasteiger partial charge < -0.3 is 16.3 Å². The molecule has 1 heterocycles. The number of nitrogens with two attached hydrogens (primary N) is 1. The summed E-state index contributed by atoms with van der Waals surface area (Å²) < 4.78 is 1.77. The highest BCUT2D eigenvalue weighted by Crippen LogP contribution is 2.11. The number of hydrogen-bond donors (Lipinski definition) is 3. The number of hydrogen-bond acceptors (Lipinski definition) is 4. The highest BCUT2D eigenvalue weighted by Gasteiger charge is 2.18. The SMILES string of the molecule is Cc1nn(C)c(C)c1CNC(=O)C(C)C(N)=NO.